The van der Waals surface area contributed by atoms with Crippen LogP contribution in [-0.4, -0.2) is 294 Å². The Bertz CT molecular complexity index is 2710. The first-order valence-corrected chi connectivity index (χ1v) is 33.8. The lowest BCUT2D eigenvalue weighted by molar-refractivity contribution is -0.400. The van der Waals surface area contributed by atoms with Crippen molar-refractivity contribution in [3.63, 3.8) is 0 Å². The van der Waals surface area contributed by atoms with Gasteiger partial charge in [0.05, 0.1) is 50.3 Å². The molecule has 0 spiro atoms. The highest BCUT2D eigenvalue weighted by atomic mass is 32.3. The van der Waals surface area contributed by atoms with Crippen LogP contribution in [0.25, 0.3) is 0 Å². The molecule has 15 N–H and O–H groups in total. The fourth-order valence-corrected chi connectivity index (χ4v) is 17.1. The summed E-state index contributed by atoms with van der Waals surface area (Å²) in [6.07, 6.45) is -42.1. The Balaban J connectivity index is 0.904. The van der Waals surface area contributed by atoms with Crippen molar-refractivity contribution in [3.8, 4) is 0 Å². The van der Waals surface area contributed by atoms with Crippen LogP contribution in [0.1, 0.15) is 107 Å². The molecule has 0 radical (unpaired) electrons. The van der Waals surface area contributed by atoms with Gasteiger partial charge in [0.1, 0.15) is 116 Å². The van der Waals surface area contributed by atoms with Gasteiger partial charge in [-0.2, -0.15) is 8.42 Å². The van der Waals surface area contributed by atoms with E-state index >= 15 is 0 Å². The third kappa shape index (κ3) is 14.8. The molecule has 10 rings (SSSR count). The average molecular weight is 1360 g/mol. The Morgan fingerprint density at radius 1 is 0.581 bits per heavy atom. The summed E-state index contributed by atoms with van der Waals surface area (Å²) in [4.78, 5) is 13.1. The molecule has 9 fully saturated rings. The lowest BCUT2D eigenvalue weighted by atomic mass is 9.48. The normalized spacial score (nSPS) is 51.4. The fraction of sp³-hybridized carbons (Fsp3) is 0.918. The minimum Gasteiger partial charge on any atom is -0.394 e. The van der Waals surface area contributed by atoms with Crippen molar-refractivity contribution in [3.05, 3.63) is 23.3 Å². The van der Waals surface area contributed by atoms with Gasteiger partial charge < -0.3 is 128 Å². The Morgan fingerprint density at radius 3 is 1.68 bits per heavy atom. The Hall–Kier alpha value is -2.02. The van der Waals surface area contributed by atoms with E-state index in [1.165, 1.54) is 26.3 Å². The monoisotopic (exact) mass is 1360 g/mol. The summed E-state index contributed by atoms with van der Waals surface area (Å²) >= 11 is 0. The van der Waals surface area contributed by atoms with E-state index in [0.29, 0.717) is 19.3 Å². The van der Waals surface area contributed by atoms with Crippen LogP contribution in [0.5, 0.6) is 0 Å². The number of ether oxygens (including phenoxy) is 12. The van der Waals surface area contributed by atoms with Gasteiger partial charge in [-0.05, 0) is 119 Å². The van der Waals surface area contributed by atoms with Crippen molar-refractivity contribution in [1.82, 2.24) is 0 Å². The summed E-state index contributed by atoms with van der Waals surface area (Å²) in [7, 11) is -4.88. The number of aliphatic hydroxyl groups excluding tert-OH is 14. The summed E-state index contributed by atoms with van der Waals surface area (Å²) in [5, 5.41) is 156. The molecule has 6 heterocycles. The maximum absolute atomic E-state index is 13.1. The molecule has 4 aliphatic carbocycles. The molecule has 31 nitrogen and oxygen atoms in total. The molecule has 0 aromatic carbocycles. The largest absolute Gasteiger partial charge is 0.397 e. The summed E-state index contributed by atoms with van der Waals surface area (Å²) < 4.78 is 112. The molecule has 10 aliphatic rings. The minimum absolute atomic E-state index is 0.0720. The zero-order valence-electron chi connectivity index (χ0n) is 53.3. The highest BCUT2D eigenvalue weighted by Crippen LogP contribution is 2.67. The summed E-state index contributed by atoms with van der Waals surface area (Å²) in [6, 6.07) is 0. The highest BCUT2D eigenvalue weighted by molar-refractivity contribution is 7.80. The molecule has 0 aromatic rings. The van der Waals surface area contributed by atoms with E-state index in [0.717, 1.165) is 24.8 Å². The number of rotatable bonds is 20. The fourth-order valence-electron chi connectivity index (χ4n) is 16.5. The molecular formula is C61H98O31S. The van der Waals surface area contributed by atoms with Gasteiger partial charge in [-0.15, -0.1) is 0 Å². The van der Waals surface area contributed by atoms with Crippen LogP contribution in [-0.2, 0) is 76.2 Å². The Kier molecular flexibility index (Phi) is 23.2. The predicted molar refractivity (Wildman–Crippen MR) is 311 cm³/mol. The molecule has 36 unspecified atom stereocenters. The van der Waals surface area contributed by atoms with Gasteiger partial charge in [-0.25, -0.2) is 4.18 Å². The predicted octanol–water partition coefficient (Wildman–Crippen LogP) is -3.41. The lowest BCUT2D eigenvalue weighted by Crippen LogP contribution is -2.67. The van der Waals surface area contributed by atoms with Crippen molar-refractivity contribution < 1.29 is 150 Å². The Morgan fingerprint density at radius 2 is 1.09 bits per heavy atom. The first kappa shape index (κ1) is 73.7. The second-order valence-electron chi connectivity index (χ2n) is 28.3. The SMILES string of the molecule is CC(=CC(=O)CC(C)C)C1CCC2C3CC(OC4OC(C)C(O)C(OC5OCC(OC6OC(CO)C(O)C(O)C6OC6OC(C)C(O)C(OC7OC(CO)C(O)C7O)C6O)C(O)C5OC5OC(C)C(O)C(O)C5O)C4O)C4CC(OS(=O)(=O)O)CCC4(C)C3=CCC12C. The van der Waals surface area contributed by atoms with E-state index in [4.69, 9.17) is 61.0 Å². The third-order valence-electron chi connectivity index (χ3n) is 21.7. The Labute approximate surface area is 539 Å². The van der Waals surface area contributed by atoms with E-state index in [9.17, 15) is 89.3 Å². The molecular weight excluding hydrogens is 1260 g/mol. The van der Waals surface area contributed by atoms with E-state index < -0.39 is 226 Å². The van der Waals surface area contributed by atoms with Crippen LogP contribution >= 0.6 is 0 Å². The molecule has 0 aromatic heterocycles. The number of hydrogen-bond acceptors (Lipinski definition) is 30. The lowest BCUT2D eigenvalue weighted by Gasteiger charge is -2.59. The van der Waals surface area contributed by atoms with Gasteiger partial charge in [0, 0.05) is 6.42 Å². The summed E-state index contributed by atoms with van der Waals surface area (Å²) in [5.41, 5.74) is 1.35. The highest BCUT2D eigenvalue weighted by Gasteiger charge is 2.63. The molecule has 0 amide bonds. The molecule has 6 saturated heterocycles. The first-order chi connectivity index (χ1) is 43.7. The van der Waals surface area contributed by atoms with Gasteiger partial charge in [-0.3, -0.25) is 9.35 Å². The van der Waals surface area contributed by atoms with Gasteiger partial charge >= 0.3 is 10.4 Å². The second-order valence-corrected chi connectivity index (χ2v) is 29.3. The summed E-state index contributed by atoms with van der Waals surface area (Å²) in [6.45, 7) is 12.2. The third-order valence-corrected chi connectivity index (χ3v) is 22.2. The molecule has 93 heavy (non-hydrogen) atoms. The van der Waals surface area contributed by atoms with Crippen molar-refractivity contribution in [2.75, 3.05) is 19.8 Å². The topological polar surface area (TPSA) is 475 Å². The van der Waals surface area contributed by atoms with Crippen LogP contribution in [0.4, 0.5) is 0 Å². The van der Waals surface area contributed by atoms with Crippen LogP contribution in [0.2, 0.25) is 0 Å². The molecule has 36 atom stereocenters. The van der Waals surface area contributed by atoms with Crippen LogP contribution in [0.15, 0.2) is 23.3 Å². The van der Waals surface area contributed by atoms with Crippen LogP contribution in [0, 0.1) is 40.4 Å². The number of fused-ring (bicyclic) bond motifs is 5. The maximum atomic E-state index is 13.1. The van der Waals surface area contributed by atoms with Crippen LogP contribution in [0.3, 0.4) is 0 Å². The van der Waals surface area contributed by atoms with Gasteiger partial charge in [0.25, 0.3) is 0 Å². The standard InChI is InChI=1S/C61H98O31S/c1-22(2)15-27(64)16-23(3)30-9-10-31-29-18-34(33-17-28(92-93(77,78)79)11-13-61(33,8)32(29)12-14-60(30,31)7)84-56-48(75)51(40(67)25(5)82-56)89-58-52(90-54-47(74)44(71)38(65)24(4)81-54)43(70)37(21-80-58)87-59-53(45(72)41(68)35(19-62)86-59)91-57-49(76)50(39(66)26(6)83-57)88-55-46(73)42(69)36(20-63)85-55/h12,16,22,24-26,28-31,33-59,62-63,65-76H,9-11,13-15,17-21H2,1-8H3,(H,77,78,79). The van der Waals surface area contributed by atoms with Crippen molar-refractivity contribution >= 4 is 16.2 Å². The summed E-state index contributed by atoms with van der Waals surface area (Å²) in [5.74, 6) is -0.0854. The average Bonchev–Trinajstić information content (AvgIpc) is 1.70. The smallest absolute Gasteiger partial charge is 0.394 e. The van der Waals surface area contributed by atoms with Gasteiger partial charge in [0.15, 0.2) is 43.5 Å². The quantitative estimate of drug-likeness (QED) is 0.0321. The maximum Gasteiger partial charge on any atom is 0.397 e. The van der Waals surface area contributed by atoms with Gasteiger partial charge in [-0.1, -0.05) is 44.9 Å². The molecule has 6 aliphatic heterocycles. The molecule has 534 valence electrons. The number of aliphatic hydroxyl groups is 14. The van der Waals surface area contributed by atoms with Crippen molar-refractivity contribution in [2.24, 2.45) is 40.4 Å². The number of carbonyl (C=O) groups is 1. The molecule has 3 saturated carbocycles. The van der Waals surface area contributed by atoms with E-state index in [1.807, 2.05) is 20.8 Å². The van der Waals surface area contributed by atoms with Crippen molar-refractivity contribution in [1.29, 1.82) is 0 Å². The number of allylic oxidation sites excluding steroid dienone is 4. The van der Waals surface area contributed by atoms with Crippen molar-refractivity contribution in [2.45, 2.75) is 291 Å². The number of hydrogen-bond donors (Lipinski definition) is 15. The van der Waals surface area contributed by atoms with Crippen LogP contribution < -0.4 is 0 Å². The second kappa shape index (κ2) is 29.3. The van der Waals surface area contributed by atoms with Gasteiger partial charge in [0.2, 0.25) is 0 Å². The zero-order valence-corrected chi connectivity index (χ0v) is 54.1. The number of carbonyl (C=O) groups excluding carboxylic acids is 1. The van der Waals surface area contributed by atoms with E-state index in [1.54, 1.807) is 6.08 Å². The van der Waals surface area contributed by atoms with E-state index in [2.05, 4.69) is 19.9 Å². The minimum atomic E-state index is -4.88. The first-order valence-electron chi connectivity index (χ1n) is 32.5. The molecule has 0 bridgehead atoms. The number of ketones is 1. The zero-order chi connectivity index (χ0) is 67.8. The molecule has 32 heteroatoms. The van der Waals surface area contributed by atoms with E-state index in [-0.39, 0.29) is 47.7 Å².